The van der Waals surface area contributed by atoms with Gasteiger partial charge in [-0.15, -0.1) is 0 Å². The molecule has 2 heteroatoms. The molecule has 0 saturated carbocycles. The molecule has 0 spiro atoms. The van der Waals surface area contributed by atoms with Gasteiger partial charge in [0.25, 0.3) is 0 Å². The van der Waals surface area contributed by atoms with Gasteiger partial charge < -0.3 is 10.6 Å². The molecule has 0 unspecified atom stereocenters. The smallest absolute Gasteiger partial charge is 0.000834 e. The third-order valence-corrected chi connectivity index (χ3v) is 3.78. The molecule has 0 aliphatic heterocycles. The maximum absolute atomic E-state index is 3.51. The average Bonchev–Trinajstić information content (AvgIpc) is 2.42. The van der Waals surface area contributed by atoms with Crippen LogP contribution in [0.4, 0.5) is 0 Å². The second kappa shape index (κ2) is 7.55. The number of aryl methyl sites for hydroxylation is 2. The molecule has 0 heterocycles. The van der Waals surface area contributed by atoms with Gasteiger partial charge in [0.2, 0.25) is 0 Å². The lowest BCUT2D eigenvalue weighted by Gasteiger charge is -2.16. The van der Waals surface area contributed by atoms with Crippen molar-refractivity contribution in [2.24, 2.45) is 0 Å². The van der Waals surface area contributed by atoms with E-state index in [9.17, 15) is 0 Å². The van der Waals surface area contributed by atoms with Crippen LogP contribution < -0.4 is 10.6 Å². The Labute approximate surface area is 111 Å². The summed E-state index contributed by atoms with van der Waals surface area (Å²) < 4.78 is 0. The van der Waals surface area contributed by atoms with Gasteiger partial charge in [-0.25, -0.2) is 0 Å². The van der Waals surface area contributed by atoms with Crippen molar-refractivity contribution in [3.05, 3.63) is 34.9 Å². The van der Waals surface area contributed by atoms with E-state index >= 15 is 0 Å². The van der Waals surface area contributed by atoms with Crippen LogP contribution in [0.1, 0.15) is 36.0 Å². The standard InChI is InChI=1S/C16H26N2/c1-17-10-4-11-18-12-9-14-7-8-15-5-2-3-6-16(15)13-14/h7-8,13,17-18H,2-6,9-12H2,1H3. The van der Waals surface area contributed by atoms with Crippen LogP contribution in [-0.4, -0.2) is 26.7 Å². The van der Waals surface area contributed by atoms with Crippen LogP contribution in [0.3, 0.4) is 0 Å². The fraction of sp³-hybridized carbons (Fsp3) is 0.625. The van der Waals surface area contributed by atoms with Crippen molar-refractivity contribution in [3.8, 4) is 0 Å². The lowest BCUT2D eigenvalue weighted by molar-refractivity contribution is 0.624. The van der Waals surface area contributed by atoms with Crippen LogP contribution in [0.2, 0.25) is 0 Å². The first-order valence-corrected chi connectivity index (χ1v) is 7.36. The zero-order chi connectivity index (χ0) is 12.6. The molecule has 0 fully saturated rings. The van der Waals surface area contributed by atoms with Gasteiger partial charge in [-0.05, 0) is 81.9 Å². The lowest BCUT2D eigenvalue weighted by atomic mass is 9.90. The van der Waals surface area contributed by atoms with Crippen molar-refractivity contribution in [1.29, 1.82) is 0 Å². The molecule has 1 aromatic rings. The monoisotopic (exact) mass is 246 g/mol. The van der Waals surface area contributed by atoms with E-state index < -0.39 is 0 Å². The summed E-state index contributed by atoms with van der Waals surface area (Å²) in [4.78, 5) is 0. The van der Waals surface area contributed by atoms with Gasteiger partial charge in [0.15, 0.2) is 0 Å². The summed E-state index contributed by atoms with van der Waals surface area (Å²) in [5.41, 5.74) is 4.69. The second-order valence-electron chi connectivity index (χ2n) is 5.27. The molecule has 18 heavy (non-hydrogen) atoms. The van der Waals surface area contributed by atoms with Gasteiger partial charge in [0.05, 0.1) is 0 Å². The van der Waals surface area contributed by atoms with Crippen molar-refractivity contribution in [2.75, 3.05) is 26.7 Å². The predicted octanol–water partition coefficient (Wildman–Crippen LogP) is 2.31. The molecule has 1 aliphatic carbocycles. The fourth-order valence-electron chi connectivity index (χ4n) is 2.69. The van der Waals surface area contributed by atoms with Crippen LogP contribution in [-0.2, 0) is 19.3 Å². The first-order valence-electron chi connectivity index (χ1n) is 7.36. The maximum Gasteiger partial charge on any atom is -0.000834 e. The van der Waals surface area contributed by atoms with E-state index in [0.29, 0.717) is 0 Å². The zero-order valence-electron chi connectivity index (χ0n) is 11.6. The van der Waals surface area contributed by atoms with Crippen LogP contribution >= 0.6 is 0 Å². The highest BCUT2D eigenvalue weighted by atomic mass is 14.9. The topological polar surface area (TPSA) is 24.1 Å². The van der Waals surface area contributed by atoms with Crippen molar-refractivity contribution >= 4 is 0 Å². The first-order chi connectivity index (χ1) is 8.90. The van der Waals surface area contributed by atoms with E-state index in [1.54, 1.807) is 11.1 Å². The van der Waals surface area contributed by atoms with Crippen LogP contribution in [0.15, 0.2) is 18.2 Å². The van der Waals surface area contributed by atoms with E-state index in [-0.39, 0.29) is 0 Å². The molecule has 2 nitrogen and oxygen atoms in total. The highest BCUT2D eigenvalue weighted by Gasteiger charge is 2.08. The SMILES string of the molecule is CNCCCNCCc1ccc2c(c1)CCCC2. The van der Waals surface area contributed by atoms with E-state index in [1.165, 1.54) is 37.7 Å². The first kappa shape index (κ1) is 13.6. The number of hydrogen-bond donors (Lipinski definition) is 2. The van der Waals surface area contributed by atoms with Crippen LogP contribution in [0.5, 0.6) is 0 Å². The van der Waals surface area contributed by atoms with Gasteiger partial charge in [0.1, 0.15) is 0 Å². The Morgan fingerprint density at radius 2 is 1.83 bits per heavy atom. The summed E-state index contributed by atoms with van der Waals surface area (Å²) in [6.45, 7) is 3.32. The molecular formula is C16H26N2. The van der Waals surface area contributed by atoms with Crippen molar-refractivity contribution in [1.82, 2.24) is 10.6 Å². The fourth-order valence-corrected chi connectivity index (χ4v) is 2.69. The number of hydrogen-bond acceptors (Lipinski definition) is 2. The summed E-state index contributed by atoms with van der Waals surface area (Å²) in [7, 11) is 2.01. The number of rotatable bonds is 7. The summed E-state index contributed by atoms with van der Waals surface area (Å²) in [6, 6.07) is 7.11. The summed E-state index contributed by atoms with van der Waals surface area (Å²) >= 11 is 0. The Balaban J connectivity index is 1.72. The van der Waals surface area contributed by atoms with Crippen LogP contribution in [0.25, 0.3) is 0 Å². The number of nitrogens with one attached hydrogen (secondary N) is 2. The highest BCUT2D eigenvalue weighted by molar-refractivity contribution is 5.33. The molecule has 0 saturated heterocycles. The Bertz CT molecular complexity index is 360. The van der Waals surface area contributed by atoms with Crippen molar-refractivity contribution in [3.63, 3.8) is 0 Å². The van der Waals surface area contributed by atoms with E-state index in [1.807, 2.05) is 7.05 Å². The minimum atomic E-state index is 1.10. The quantitative estimate of drug-likeness (QED) is 0.721. The Morgan fingerprint density at radius 3 is 2.67 bits per heavy atom. The van der Waals surface area contributed by atoms with Gasteiger partial charge in [-0.1, -0.05) is 18.2 Å². The normalized spacial score (nSPS) is 14.5. The minimum Gasteiger partial charge on any atom is -0.320 e. The zero-order valence-corrected chi connectivity index (χ0v) is 11.6. The predicted molar refractivity (Wildman–Crippen MR) is 78.2 cm³/mol. The molecule has 0 amide bonds. The maximum atomic E-state index is 3.51. The second-order valence-corrected chi connectivity index (χ2v) is 5.27. The van der Waals surface area contributed by atoms with Crippen molar-refractivity contribution < 1.29 is 0 Å². The van der Waals surface area contributed by atoms with E-state index in [2.05, 4.69) is 28.8 Å². The highest BCUT2D eigenvalue weighted by Crippen LogP contribution is 2.22. The molecule has 0 bridgehead atoms. The molecule has 0 aromatic heterocycles. The summed E-state index contributed by atoms with van der Waals surface area (Å²) in [5.74, 6) is 0. The molecule has 0 radical (unpaired) electrons. The molecule has 0 atom stereocenters. The third kappa shape index (κ3) is 4.11. The van der Waals surface area contributed by atoms with E-state index in [4.69, 9.17) is 0 Å². The Kier molecular flexibility index (Phi) is 5.69. The summed E-state index contributed by atoms with van der Waals surface area (Å²) in [6.07, 6.45) is 7.70. The number of benzene rings is 1. The molecular weight excluding hydrogens is 220 g/mol. The van der Waals surface area contributed by atoms with Gasteiger partial charge >= 0.3 is 0 Å². The largest absolute Gasteiger partial charge is 0.320 e. The van der Waals surface area contributed by atoms with E-state index in [0.717, 1.165) is 26.1 Å². The van der Waals surface area contributed by atoms with Crippen molar-refractivity contribution in [2.45, 2.75) is 38.5 Å². The Morgan fingerprint density at radius 1 is 1.00 bits per heavy atom. The summed E-state index contributed by atoms with van der Waals surface area (Å²) in [5, 5.41) is 6.68. The molecule has 1 aliphatic rings. The van der Waals surface area contributed by atoms with Gasteiger partial charge in [0, 0.05) is 0 Å². The minimum absolute atomic E-state index is 1.10. The average molecular weight is 246 g/mol. The lowest BCUT2D eigenvalue weighted by Crippen LogP contribution is -2.22. The number of fused-ring (bicyclic) bond motifs is 1. The molecule has 2 rings (SSSR count). The third-order valence-electron chi connectivity index (χ3n) is 3.78. The Hall–Kier alpha value is -0.860. The van der Waals surface area contributed by atoms with Gasteiger partial charge in [-0.2, -0.15) is 0 Å². The van der Waals surface area contributed by atoms with Gasteiger partial charge in [-0.3, -0.25) is 0 Å². The van der Waals surface area contributed by atoms with Crippen LogP contribution in [0, 0.1) is 0 Å². The molecule has 1 aromatic carbocycles. The molecule has 100 valence electrons. The molecule has 2 N–H and O–H groups in total.